The fraction of sp³-hybridized carbons (Fsp3) is 0.938. The van der Waals surface area contributed by atoms with Gasteiger partial charge in [-0.1, -0.05) is 27.7 Å². The predicted octanol–water partition coefficient (Wildman–Crippen LogP) is 1.86. The van der Waals surface area contributed by atoms with Crippen LogP contribution in [0.25, 0.3) is 0 Å². The van der Waals surface area contributed by atoms with Crippen molar-refractivity contribution in [1.29, 1.82) is 0 Å². The second-order valence-corrected chi connectivity index (χ2v) is 6.88. The first-order chi connectivity index (χ1) is 9.40. The second kappa shape index (κ2) is 8.63. The summed E-state index contributed by atoms with van der Waals surface area (Å²) in [6.07, 6.45) is 2.47. The molecule has 4 heteroatoms. The summed E-state index contributed by atoms with van der Waals surface area (Å²) in [7, 11) is 0. The van der Waals surface area contributed by atoms with Crippen molar-refractivity contribution in [3.8, 4) is 0 Å². The molecule has 0 aromatic carbocycles. The van der Waals surface area contributed by atoms with E-state index in [1.807, 2.05) is 6.92 Å². The normalized spacial score (nSPS) is 22.2. The molecule has 1 fully saturated rings. The Morgan fingerprint density at radius 1 is 1.25 bits per heavy atom. The molecule has 1 aliphatic heterocycles. The van der Waals surface area contributed by atoms with Crippen molar-refractivity contribution < 1.29 is 4.79 Å². The molecule has 0 bridgehead atoms. The Kier molecular flexibility index (Phi) is 7.52. The van der Waals surface area contributed by atoms with Crippen LogP contribution in [0, 0.1) is 11.8 Å². The van der Waals surface area contributed by atoms with Gasteiger partial charge in [0.05, 0.1) is 6.04 Å². The molecule has 0 aromatic heterocycles. The number of carbonyl (C=O) groups is 1. The lowest BCUT2D eigenvalue weighted by Gasteiger charge is -2.36. The highest BCUT2D eigenvalue weighted by molar-refractivity contribution is 5.81. The molecule has 4 nitrogen and oxygen atoms in total. The number of hydrogen-bond acceptors (Lipinski definition) is 3. The van der Waals surface area contributed by atoms with Crippen LogP contribution in [0.15, 0.2) is 0 Å². The van der Waals surface area contributed by atoms with Crippen molar-refractivity contribution in [2.24, 2.45) is 11.8 Å². The molecule has 0 saturated carbocycles. The summed E-state index contributed by atoms with van der Waals surface area (Å²) < 4.78 is 0. The molecule has 0 spiro atoms. The Bertz CT molecular complexity index is 291. The molecule has 1 heterocycles. The Labute approximate surface area is 124 Å². The zero-order chi connectivity index (χ0) is 15.1. The van der Waals surface area contributed by atoms with Crippen LogP contribution in [-0.4, -0.2) is 49.1 Å². The molecular weight excluding hydrogens is 250 g/mol. The van der Waals surface area contributed by atoms with Gasteiger partial charge in [-0.15, -0.1) is 0 Å². The number of piperidine rings is 1. The molecule has 1 saturated heterocycles. The van der Waals surface area contributed by atoms with Gasteiger partial charge in [0.2, 0.25) is 5.91 Å². The number of nitrogens with one attached hydrogen (secondary N) is 2. The summed E-state index contributed by atoms with van der Waals surface area (Å²) in [6.45, 7) is 14.6. The van der Waals surface area contributed by atoms with E-state index < -0.39 is 0 Å². The van der Waals surface area contributed by atoms with E-state index in [0.717, 1.165) is 26.2 Å². The third kappa shape index (κ3) is 6.23. The highest BCUT2D eigenvalue weighted by atomic mass is 16.2. The maximum atomic E-state index is 12.2. The Morgan fingerprint density at radius 2 is 1.95 bits per heavy atom. The summed E-state index contributed by atoms with van der Waals surface area (Å²) >= 11 is 0. The summed E-state index contributed by atoms with van der Waals surface area (Å²) in [4.78, 5) is 14.5. The maximum absolute atomic E-state index is 12.2. The molecule has 2 N–H and O–H groups in total. The van der Waals surface area contributed by atoms with Gasteiger partial charge in [-0.25, -0.2) is 0 Å². The molecule has 2 unspecified atom stereocenters. The number of rotatable bonds is 7. The molecule has 0 radical (unpaired) electrons. The standard InChI is InChI=1S/C16H33N3O/c1-12(2)9-18-16(20)14(5)19-8-6-7-15(11-19)10-17-13(3)4/h12-15,17H,6-11H2,1-5H3,(H,18,20). The van der Waals surface area contributed by atoms with Crippen LogP contribution in [-0.2, 0) is 4.79 Å². The van der Waals surface area contributed by atoms with E-state index in [-0.39, 0.29) is 11.9 Å². The fourth-order valence-corrected chi connectivity index (χ4v) is 2.64. The van der Waals surface area contributed by atoms with Crippen LogP contribution in [0.2, 0.25) is 0 Å². The fourth-order valence-electron chi connectivity index (χ4n) is 2.64. The van der Waals surface area contributed by atoms with Crippen molar-refractivity contribution >= 4 is 5.91 Å². The van der Waals surface area contributed by atoms with Gasteiger partial charge in [0.15, 0.2) is 0 Å². The SMILES string of the molecule is CC(C)CNC(=O)C(C)N1CCCC(CNC(C)C)C1. The van der Waals surface area contributed by atoms with Crippen molar-refractivity contribution in [3.63, 3.8) is 0 Å². The van der Waals surface area contributed by atoms with Gasteiger partial charge < -0.3 is 10.6 Å². The van der Waals surface area contributed by atoms with Gasteiger partial charge in [0, 0.05) is 19.1 Å². The molecule has 118 valence electrons. The number of nitrogens with zero attached hydrogens (tertiary/aromatic N) is 1. The van der Waals surface area contributed by atoms with E-state index in [9.17, 15) is 4.79 Å². The largest absolute Gasteiger partial charge is 0.354 e. The van der Waals surface area contributed by atoms with Crippen molar-refractivity contribution in [1.82, 2.24) is 15.5 Å². The van der Waals surface area contributed by atoms with Crippen LogP contribution >= 0.6 is 0 Å². The van der Waals surface area contributed by atoms with E-state index >= 15 is 0 Å². The lowest BCUT2D eigenvalue weighted by Crippen LogP contribution is -2.51. The number of hydrogen-bond donors (Lipinski definition) is 2. The molecular formula is C16H33N3O. The minimum atomic E-state index is -0.00407. The summed E-state index contributed by atoms with van der Waals surface area (Å²) in [5, 5.41) is 6.56. The van der Waals surface area contributed by atoms with Crippen LogP contribution in [0.1, 0.15) is 47.5 Å². The highest BCUT2D eigenvalue weighted by Crippen LogP contribution is 2.18. The predicted molar refractivity (Wildman–Crippen MR) is 84.7 cm³/mol. The van der Waals surface area contributed by atoms with Gasteiger partial charge in [-0.3, -0.25) is 9.69 Å². The van der Waals surface area contributed by atoms with Crippen molar-refractivity contribution in [3.05, 3.63) is 0 Å². The van der Waals surface area contributed by atoms with E-state index in [1.165, 1.54) is 12.8 Å². The summed E-state index contributed by atoms with van der Waals surface area (Å²) in [5.74, 6) is 1.36. The second-order valence-electron chi connectivity index (χ2n) is 6.88. The molecule has 2 atom stereocenters. The Balaban J connectivity index is 2.39. The molecule has 1 amide bonds. The first-order valence-electron chi connectivity index (χ1n) is 8.15. The summed E-state index contributed by atoms with van der Waals surface area (Å²) in [5.41, 5.74) is 0. The molecule has 0 aromatic rings. The van der Waals surface area contributed by atoms with Crippen LogP contribution in [0.4, 0.5) is 0 Å². The van der Waals surface area contributed by atoms with Gasteiger partial charge in [-0.2, -0.15) is 0 Å². The summed E-state index contributed by atoms with van der Waals surface area (Å²) in [6, 6.07) is 0.535. The zero-order valence-corrected chi connectivity index (χ0v) is 13.9. The monoisotopic (exact) mass is 283 g/mol. The Morgan fingerprint density at radius 3 is 2.55 bits per heavy atom. The molecule has 1 aliphatic rings. The number of likely N-dealkylation sites (tertiary alicyclic amines) is 1. The zero-order valence-electron chi connectivity index (χ0n) is 13.9. The average molecular weight is 283 g/mol. The first-order valence-corrected chi connectivity index (χ1v) is 8.15. The van der Waals surface area contributed by atoms with Gasteiger partial charge in [0.1, 0.15) is 0 Å². The third-order valence-electron chi connectivity index (χ3n) is 3.98. The quantitative estimate of drug-likeness (QED) is 0.749. The van der Waals surface area contributed by atoms with Gasteiger partial charge >= 0.3 is 0 Å². The van der Waals surface area contributed by atoms with Crippen molar-refractivity contribution in [2.75, 3.05) is 26.2 Å². The van der Waals surface area contributed by atoms with Crippen LogP contribution in [0.5, 0.6) is 0 Å². The first kappa shape index (κ1) is 17.4. The Hall–Kier alpha value is -0.610. The highest BCUT2D eigenvalue weighted by Gasteiger charge is 2.27. The van der Waals surface area contributed by atoms with E-state index in [0.29, 0.717) is 17.9 Å². The van der Waals surface area contributed by atoms with Crippen molar-refractivity contribution in [2.45, 2.75) is 59.5 Å². The average Bonchev–Trinajstić information content (AvgIpc) is 2.42. The third-order valence-corrected chi connectivity index (χ3v) is 3.98. The molecule has 0 aliphatic carbocycles. The van der Waals surface area contributed by atoms with Crippen LogP contribution in [0.3, 0.4) is 0 Å². The van der Waals surface area contributed by atoms with E-state index in [2.05, 4.69) is 43.2 Å². The maximum Gasteiger partial charge on any atom is 0.237 e. The number of carbonyl (C=O) groups excluding carboxylic acids is 1. The topological polar surface area (TPSA) is 44.4 Å². The lowest BCUT2D eigenvalue weighted by atomic mass is 9.96. The van der Waals surface area contributed by atoms with E-state index in [1.54, 1.807) is 0 Å². The molecule has 1 rings (SSSR count). The molecule has 20 heavy (non-hydrogen) atoms. The lowest BCUT2D eigenvalue weighted by molar-refractivity contribution is -0.126. The minimum absolute atomic E-state index is 0.00407. The van der Waals surface area contributed by atoms with Gasteiger partial charge in [-0.05, 0) is 44.7 Å². The van der Waals surface area contributed by atoms with E-state index in [4.69, 9.17) is 0 Å². The number of amides is 1. The minimum Gasteiger partial charge on any atom is -0.354 e. The van der Waals surface area contributed by atoms with Crippen LogP contribution < -0.4 is 10.6 Å². The smallest absolute Gasteiger partial charge is 0.237 e. The van der Waals surface area contributed by atoms with Gasteiger partial charge in [0.25, 0.3) is 0 Å².